The van der Waals surface area contributed by atoms with E-state index >= 15 is 0 Å². The fraction of sp³-hybridized carbons (Fsp3) is 0.500. The molecule has 7 heteroatoms. The highest BCUT2D eigenvalue weighted by atomic mass is 16.7. The molecule has 0 amide bonds. The fourth-order valence-electron chi connectivity index (χ4n) is 0.516. The number of hydrogen-bond acceptors (Lipinski definition) is 6. The first kappa shape index (κ1) is 11.4. The molecule has 0 aliphatic carbocycles. The van der Waals surface area contributed by atoms with Crippen molar-refractivity contribution >= 4 is 18.1 Å². The van der Waals surface area contributed by atoms with Gasteiger partial charge in [0.2, 0.25) is 0 Å². The van der Waals surface area contributed by atoms with Crippen molar-refractivity contribution in [2.75, 3.05) is 7.11 Å². The molecule has 0 aromatic heterocycles. The summed E-state index contributed by atoms with van der Waals surface area (Å²) in [6, 6.07) is 0. The maximum absolute atomic E-state index is 10.5. The number of aliphatic hydroxyl groups is 1. The van der Waals surface area contributed by atoms with Crippen LogP contribution in [0.15, 0.2) is 0 Å². The fourth-order valence-corrected chi connectivity index (χ4v) is 0.516. The highest BCUT2D eigenvalue weighted by Gasteiger charge is 2.21. The van der Waals surface area contributed by atoms with Crippen LogP contribution in [-0.2, 0) is 19.1 Å². The van der Waals surface area contributed by atoms with Crippen molar-refractivity contribution in [3.8, 4) is 0 Å². The summed E-state index contributed by atoms with van der Waals surface area (Å²) >= 11 is 0. The van der Waals surface area contributed by atoms with Crippen molar-refractivity contribution in [1.29, 1.82) is 0 Å². The Labute approximate surface area is 72.9 Å². The minimum atomic E-state index is -1.79. The summed E-state index contributed by atoms with van der Waals surface area (Å²) in [7, 11) is 1.02. The molecule has 1 unspecified atom stereocenters. The molecule has 0 aromatic rings. The van der Waals surface area contributed by atoms with Crippen LogP contribution in [0.25, 0.3) is 0 Å². The lowest BCUT2D eigenvalue weighted by Gasteiger charge is -2.05. The minimum absolute atomic E-state index is 0.751. The molecule has 7 nitrogen and oxygen atoms in total. The second kappa shape index (κ2) is 5.09. The molecular weight excluding hydrogens is 184 g/mol. The first-order valence-electron chi connectivity index (χ1n) is 3.17. The van der Waals surface area contributed by atoms with E-state index in [2.05, 4.69) is 9.47 Å². The highest BCUT2D eigenvalue weighted by molar-refractivity contribution is 5.85. The van der Waals surface area contributed by atoms with Gasteiger partial charge in [0.25, 0.3) is 0 Å². The number of hydrogen-bond donors (Lipinski definition) is 2. The molecule has 0 spiro atoms. The Hall–Kier alpha value is -1.63. The predicted octanol–water partition coefficient (Wildman–Crippen LogP) is -0.868. The van der Waals surface area contributed by atoms with Crippen molar-refractivity contribution in [1.82, 2.24) is 0 Å². The van der Waals surface area contributed by atoms with E-state index in [9.17, 15) is 14.4 Å². The Morgan fingerprint density at radius 1 is 1.38 bits per heavy atom. The molecule has 0 heterocycles. The van der Waals surface area contributed by atoms with Crippen molar-refractivity contribution in [2.24, 2.45) is 0 Å². The zero-order valence-corrected chi connectivity index (χ0v) is 6.72. The third-order valence-electron chi connectivity index (χ3n) is 1.03. The number of ether oxygens (including phenoxy) is 2. The van der Waals surface area contributed by atoms with Crippen LogP contribution in [0.2, 0.25) is 0 Å². The average molecular weight is 192 g/mol. The Balaban J connectivity index is 3.91. The Bertz CT molecular complexity index is 221. The number of esters is 2. The van der Waals surface area contributed by atoms with E-state index in [0.717, 1.165) is 7.11 Å². The number of aliphatic hydroxyl groups excluding tert-OH is 1. The van der Waals surface area contributed by atoms with E-state index in [1.807, 2.05) is 0 Å². The number of carbonyl (C=O) groups excluding carboxylic acids is 2. The van der Waals surface area contributed by atoms with Crippen LogP contribution in [0.5, 0.6) is 0 Å². The van der Waals surface area contributed by atoms with Gasteiger partial charge in [0.05, 0.1) is 13.5 Å². The van der Waals surface area contributed by atoms with Crippen LogP contribution in [0, 0.1) is 0 Å². The van der Waals surface area contributed by atoms with Crippen LogP contribution in [0.3, 0.4) is 0 Å². The van der Waals surface area contributed by atoms with E-state index in [-0.39, 0.29) is 0 Å². The standard InChI is InChI=1S/C6H8O7/c1-12-5(9)3(7)2-4(8)13-6(10)11/h3,7H,2H2,1H3,(H,10,11). The van der Waals surface area contributed by atoms with Gasteiger partial charge in [0.1, 0.15) is 0 Å². The average Bonchev–Trinajstić information content (AvgIpc) is 2.01. The summed E-state index contributed by atoms with van der Waals surface area (Å²) in [5.41, 5.74) is 0. The molecule has 74 valence electrons. The van der Waals surface area contributed by atoms with Crippen LogP contribution < -0.4 is 0 Å². The number of carboxylic acid groups (broad SMARTS) is 1. The summed E-state index contributed by atoms with van der Waals surface area (Å²) in [4.78, 5) is 30.8. The molecule has 0 aliphatic rings. The van der Waals surface area contributed by atoms with Crippen LogP contribution in [-0.4, -0.2) is 41.5 Å². The van der Waals surface area contributed by atoms with E-state index in [1.54, 1.807) is 0 Å². The zero-order valence-electron chi connectivity index (χ0n) is 6.72. The summed E-state index contributed by atoms with van der Waals surface area (Å²) in [6.45, 7) is 0. The van der Waals surface area contributed by atoms with Crippen molar-refractivity contribution in [2.45, 2.75) is 12.5 Å². The summed E-state index contributed by atoms with van der Waals surface area (Å²) < 4.78 is 7.70. The van der Waals surface area contributed by atoms with Gasteiger partial charge < -0.3 is 19.7 Å². The van der Waals surface area contributed by atoms with Gasteiger partial charge in [0.15, 0.2) is 6.10 Å². The Morgan fingerprint density at radius 2 is 1.92 bits per heavy atom. The molecule has 0 rings (SSSR count). The summed E-state index contributed by atoms with van der Waals surface area (Å²) in [5, 5.41) is 16.8. The zero-order chi connectivity index (χ0) is 10.4. The topological polar surface area (TPSA) is 110 Å². The van der Waals surface area contributed by atoms with Crippen molar-refractivity contribution < 1.29 is 34.1 Å². The van der Waals surface area contributed by atoms with Gasteiger partial charge in [-0.3, -0.25) is 4.79 Å². The first-order chi connectivity index (χ1) is 5.97. The van der Waals surface area contributed by atoms with E-state index in [1.165, 1.54) is 0 Å². The maximum Gasteiger partial charge on any atom is 0.513 e. The van der Waals surface area contributed by atoms with Gasteiger partial charge >= 0.3 is 18.1 Å². The van der Waals surface area contributed by atoms with E-state index < -0.39 is 30.6 Å². The van der Waals surface area contributed by atoms with Crippen LogP contribution >= 0.6 is 0 Å². The Kier molecular flexibility index (Phi) is 4.45. The van der Waals surface area contributed by atoms with Crippen molar-refractivity contribution in [3.05, 3.63) is 0 Å². The molecule has 0 bridgehead atoms. The predicted molar refractivity (Wildman–Crippen MR) is 36.8 cm³/mol. The van der Waals surface area contributed by atoms with E-state index in [0.29, 0.717) is 0 Å². The maximum atomic E-state index is 10.5. The number of rotatable bonds is 3. The number of methoxy groups -OCH3 is 1. The van der Waals surface area contributed by atoms with Crippen LogP contribution in [0.1, 0.15) is 6.42 Å². The Morgan fingerprint density at radius 3 is 2.31 bits per heavy atom. The number of carbonyl (C=O) groups is 3. The second-order valence-corrected chi connectivity index (χ2v) is 1.98. The smallest absolute Gasteiger partial charge is 0.467 e. The monoisotopic (exact) mass is 192 g/mol. The molecule has 1 atom stereocenters. The molecule has 0 aromatic carbocycles. The SMILES string of the molecule is COC(=O)C(O)CC(=O)OC(=O)O. The lowest BCUT2D eigenvalue weighted by molar-refractivity contribution is -0.156. The third-order valence-corrected chi connectivity index (χ3v) is 1.03. The van der Waals surface area contributed by atoms with Gasteiger partial charge in [-0.2, -0.15) is 0 Å². The largest absolute Gasteiger partial charge is 0.513 e. The van der Waals surface area contributed by atoms with E-state index in [4.69, 9.17) is 10.2 Å². The van der Waals surface area contributed by atoms with Gasteiger partial charge in [-0.1, -0.05) is 0 Å². The normalized spacial score (nSPS) is 11.5. The molecule has 0 saturated carbocycles. The second-order valence-electron chi connectivity index (χ2n) is 1.98. The molecule has 0 aliphatic heterocycles. The lowest BCUT2D eigenvalue weighted by Crippen LogP contribution is -2.26. The summed E-state index contributed by atoms with van der Waals surface area (Å²) in [6.07, 6.45) is -4.24. The third kappa shape index (κ3) is 4.75. The van der Waals surface area contributed by atoms with Crippen LogP contribution in [0.4, 0.5) is 4.79 Å². The van der Waals surface area contributed by atoms with Crippen molar-refractivity contribution in [3.63, 3.8) is 0 Å². The molecule has 0 saturated heterocycles. The minimum Gasteiger partial charge on any atom is -0.467 e. The van der Waals surface area contributed by atoms with Gasteiger partial charge in [-0.25, -0.2) is 9.59 Å². The molecule has 0 radical (unpaired) electrons. The molecule has 2 N–H and O–H groups in total. The summed E-state index contributed by atoms with van der Waals surface area (Å²) in [5.74, 6) is -2.24. The van der Waals surface area contributed by atoms with Gasteiger partial charge in [0, 0.05) is 0 Å². The first-order valence-corrected chi connectivity index (χ1v) is 3.17. The quantitative estimate of drug-likeness (QED) is 0.441. The lowest BCUT2D eigenvalue weighted by atomic mass is 10.2. The molecule has 13 heavy (non-hydrogen) atoms. The van der Waals surface area contributed by atoms with Gasteiger partial charge in [-0.15, -0.1) is 0 Å². The van der Waals surface area contributed by atoms with Gasteiger partial charge in [-0.05, 0) is 0 Å². The highest BCUT2D eigenvalue weighted by Crippen LogP contribution is 1.97. The molecular formula is C6H8O7. The molecule has 0 fully saturated rings.